The minimum Gasteiger partial charge on any atom is -0.360 e. The molecule has 110 valence electrons. The number of Topliss-reactive ketones (excluding diaryl/α,β-unsaturated/α-hetero) is 1. The number of aryl methyl sites for hydroxylation is 1. The SMILES string of the molecule is Cc1ccc(NC(=O)C(=O)c2c[nH]c3ccccc23)c(Br)c1. The average molecular weight is 357 g/mol. The van der Waals surface area contributed by atoms with Crippen LogP contribution in [-0.4, -0.2) is 16.7 Å². The second-order valence-corrected chi connectivity index (χ2v) is 5.87. The fourth-order valence-electron chi connectivity index (χ4n) is 2.28. The van der Waals surface area contributed by atoms with E-state index in [0.717, 1.165) is 20.9 Å². The van der Waals surface area contributed by atoms with Gasteiger partial charge in [-0.05, 0) is 46.6 Å². The molecule has 1 heterocycles. The highest BCUT2D eigenvalue weighted by atomic mass is 79.9. The lowest BCUT2D eigenvalue weighted by Gasteiger charge is -2.07. The van der Waals surface area contributed by atoms with Crippen LogP contribution in [0.15, 0.2) is 53.1 Å². The zero-order valence-corrected chi connectivity index (χ0v) is 13.4. The van der Waals surface area contributed by atoms with E-state index in [1.54, 1.807) is 12.3 Å². The highest BCUT2D eigenvalue weighted by Crippen LogP contribution is 2.24. The van der Waals surface area contributed by atoms with Crippen molar-refractivity contribution < 1.29 is 9.59 Å². The fourth-order valence-corrected chi connectivity index (χ4v) is 2.87. The van der Waals surface area contributed by atoms with Gasteiger partial charge >= 0.3 is 0 Å². The number of aromatic nitrogens is 1. The summed E-state index contributed by atoms with van der Waals surface area (Å²) >= 11 is 3.38. The van der Waals surface area contributed by atoms with Crippen LogP contribution in [0.5, 0.6) is 0 Å². The maximum atomic E-state index is 12.4. The molecule has 1 amide bonds. The highest BCUT2D eigenvalue weighted by molar-refractivity contribution is 9.10. The van der Waals surface area contributed by atoms with E-state index >= 15 is 0 Å². The topological polar surface area (TPSA) is 62.0 Å². The van der Waals surface area contributed by atoms with Crippen molar-refractivity contribution in [2.45, 2.75) is 6.92 Å². The van der Waals surface area contributed by atoms with Gasteiger partial charge in [0.25, 0.3) is 11.7 Å². The fraction of sp³-hybridized carbons (Fsp3) is 0.0588. The molecule has 0 aliphatic heterocycles. The zero-order chi connectivity index (χ0) is 15.7. The molecule has 2 aromatic carbocycles. The van der Waals surface area contributed by atoms with Crippen molar-refractivity contribution in [3.63, 3.8) is 0 Å². The van der Waals surface area contributed by atoms with Crippen molar-refractivity contribution in [1.82, 2.24) is 4.98 Å². The van der Waals surface area contributed by atoms with E-state index in [1.807, 2.05) is 43.3 Å². The van der Waals surface area contributed by atoms with Crippen molar-refractivity contribution in [3.05, 3.63) is 64.3 Å². The Morgan fingerprint density at radius 2 is 1.91 bits per heavy atom. The first-order chi connectivity index (χ1) is 10.6. The first-order valence-electron chi connectivity index (χ1n) is 6.74. The van der Waals surface area contributed by atoms with E-state index in [-0.39, 0.29) is 0 Å². The van der Waals surface area contributed by atoms with Crippen LogP contribution in [0.25, 0.3) is 10.9 Å². The molecule has 0 unspecified atom stereocenters. The Bertz CT molecular complexity index is 883. The number of H-pyrrole nitrogens is 1. The minimum atomic E-state index is -0.658. The number of benzene rings is 2. The molecule has 0 fully saturated rings. The molecule has 0 aliphatic rings. The van der Waals surface area contributed by atoms with Gasteiger partial charge in [-0.15, -0.1) is 0 Å². The zero-order valence-electron chi connectivity index (χ0n) is 11.8. The second kappa shape index (κ2) is 5.77. The highest BCUT2D eigenvalue weighted by Gasteiger charge is 2.20. The largest absolute Gasteiger partial charge is 0.360 e. The maximum absolute atomic E-state index is 12.4. The van der Waals surface area contributed by atoms with E-state index in [0.29, 0.717) is 11.3 Å². The number of halogens is 1. The number of carbonyl (C=O) groups is 2. The number of aromatic amines is 1. The van der Waals surface area contributed by atoms with E-state index in [2.05, 4.69) is 26.2 Å². The second-order valence-electron chi connectivity index (χ2n) is 5.01. The Hall–Kier alpha value is -2.40. The van der Waals surface area contributed by atoms with Crippen LogP contribution in [-0.2, 0) is 4.79 Å². The molecule has 0 aliphatic carbocycles. The number of nitrogens with one attached hydrogen (secondary N) is 2. The van der Waals surface area contributed by atoms with Gasteiger partial charge in [0.1, 0.15) is 0 Å². The standard InChI is InChI=1S/C17H13BrN2O2/c1-10-6-7-15(13(18)8-10)20-17(22)16(21)12-9-19-14-5-3-2-4-11(12)14/h2-9,19H,1H3,(H,20,22). The first-order valence-corrected chi connectivity index (χ1v) is 7.53. The number of fused-ring (bicyclic) bond motifs is 1. The number of rotatable bonds is 3. The molecule has 3 rings (SSSR count). The summed E-state index contributed by atoms with van der Waals surface area (Å²) in [6, 6.07) is 12.9. The molecule has 5 heteroatoms. The molecular weight excluding hydrogens is 344 g/mol. The van der Waals surface area contributed by atoms with Gasteiger partial charge in [-0.1, -0.05) is 24.3 Å². The van der Waals surface area contributed by atoms with Gasteiger partial charge in [-0.2, -0.15) is 0 Å². The normalized spacial score (nSPS) is 10.6. The molecule has 0 bridgehead atoms. The average Bonchev–Trinajstić information content (AvgIpc) is 2.93. The lowest BCUT2D eigenvalue weighted by atomic mass is 10.1. The number of anilines is 1. The van der Waals surface area contributed by atoms with Gasteiger partial charge in [0.05, 0.1) is 11.3 Å². The number of amides is 1. The third-order valence-corrected chi connectivity index (χ3v) is 4.07. The van der Waals surface area contributed by atoms with Crippen molar-refractivity contribution in [2.75, 3.05) is 5.32 Å². The lowest BCUT2D eigenvalue weighted by molar-refractivity contribution is -0.112. The van der Waals surface area contributed by atoms with Crippen molar-refractivity contribution in [1.29, 1.82) is 0 Å². The third kappa shape index (κ3) is 2.67. The van der Waals surface area contributed by atoms with Crippen molar-refractivity contribution in [3.8, 4) is 0 Å². The summed E-state index contributed by atoms with van der Waals surface area (Å²) in [5.74, 6) is -1.22. The van der Waals surface area contributed by atoms with Crippen LogP contribution in [0.4, 0.5) is 5.69 Å². The molecule has 0 saturated heterocycles. The number of ketones is 1. The summed E-state index contributed by atoms with van der Waals surface area (Å²) < 4.78 is 0.743. The summed E-state index contributed by atoms with van der Waals surface area (Å²) in [5, 5.41) is 3.38. The predicted molar refractivity (Wildman–Crippen MR) is 90.1 cm³/mol. The smallest absolute Gasteiger partial charge is 0.296 e. The minimum absolute atomic E-state index is 0.372. The van der Waals surface area contributed by atoms with Crippen LogP contribution in [0.2, 0.25) is 0 Å². The number of carbonyl (C=O) groups excluding carboxylic acids is 2. The molecule has 0 atom stereocenters. The Morgan fingerprint density at radius 1 is 1.14 bits per heavy atom. The van der Waals surface area contributed by atoms with Crippen LogP contribution in [0.1, 0.15) is 15.9 Å². The molecule has 2 N–H and O–H groups in total. The van der Waals surface area contributed by atoms with E-state index in [4.69, 9.17) is 0 Å². The van der Waals surface area contributed by atoms with Crippen LogP contribution < -0.4 is 5.32 Å². The summed E-state index contributed by atoms with van der Waals surface area (Å²) in [6.45, 7) is 1.95. The summed E-state index contributed by atoms with van der Waals surface area (Å²) in [6.07, 6.45) is 1.57. The molecular formula is C17H13BrN2O2. The number of hydrogen-bond acceptors (Lipinski definition) is 2. The monoisotopic (exact) mass is 356 g/mol. The number of para-hydroxylation sites is 1. The molecule has 0 spiro atoms. The molecule has 3 aromatic rings. The summed E-state index contributed by atoms with van der Waals surface area (Å²) in [7, 11) is 0. The summed E-state index contributed by atoms with van der Waals surface area (Å²) in [5.41, 5.74) is 2.84. The lowest BCUT2D eigenvalue weighted by Crippen LogP contribution is -2.22. The molecule has 4 nitrogen and oxygen atoms in total. The first kappa shape index (κ1) is 14.5. The van der Waals surface area contributed by atoms with Crippen LogP contribution in [0, 0.1) is 6.92 Å². The molecule has 0 saturated carbocycles. The maximum Gasteiger partial charge on any atom is 0.296 e. The van der Waals surface area contributed by atoms with Gasteiger partial charge in [-0.25, -0.2) is 0 Å². The predicted octanol–water partition coefficient (Wildman–Crippen LogP) is 4.06. The van der Waals surface area contributed by atoms with E-state index < -0.39 is 11.7 Å². The molecule has 1 aromatic heterocycles. The van der Waals surface area contributed by atoms with Gasteiger partial charge in [0.15, 0.2) is 0 Å². The Balaban J connectivity index is 1.87. The van der Waals surface area contributed by atoms with Crippen molar-refractivity contribution >= 4 is 44.2 Å². The number of hydrogen-bond donors (Lipinski definition) is 2. The Labute approximate surface area is 135 Å². The molecule has 0 radical (unpaired) electrons. The van der Waals surface area contributed by atoms with Gasteiger partial charge < -0.3 is 10.3 Å². The van der Waals surface area contributed by atoms with Crippen molar-refractivity contribution in [2.24, 2.45) is 0 Å². The Kier molecular flexibility index (Phi) is 3.81. The van der Waals surface area contributed by atoms with Crippen LogP contribution >= 0.6 is 15.9 Å². The van der Waals surface area contributed by atoms with Gasteiger partial charge in [-0.3, -0.25) is 9.59 Å². The summed E-state index contributed by atoms with van der Waals surface area (Å²) in [4.78, 5) is 27.5. The van der Waals surface area contributed by atoms with Gasteiger partial charge in [0.2, 0.25) is 0 Å². The van der Waals surface area contributed by atoms with Crippen LogP contribution in [0.3, 0.4) is 0 Å². The quantitative estimate of drug-likeness (QED) is 0.549. The van der Waals surface area contributed by atoms with E-state index in [9.17, 15) is 9.59 Å². The van der Waals surface area contributed by atoms with E-state index in [1.165, 1.54) is 0 Å². The Morgan fingerprint density at radius 3 is 2.68 bits per heavy atom. The van der Waals surface area contributed by atoms with Gasteiger partial charge in [0, 0.05) is 21.6 Å². The third-order valence-electron chi connectivity index (χ3n) is 3.41. The molecule has 22 heavy (non-hydrogen) atoms.